The fraction of sp³-hybridized carbons (Fsp3) is 0.571. The van der Waals surface area contributed by atoms with Crippen molar-refractivity contribution in [2.24, 2.45) is 5.92 Å². The Kier molecular flexibility index (Phi) is 5.33. The monoisotopic (exact) mass is 222 g/mol. The van der Waals surface area contributed by atoms with E-state index in [1.807, 2.05) is 12.1 Å². The largest absolute Gasteiger partial charge is 0.493 e. The van der Waals surface area contributed by atoms with Crippen LogP contribution >= 0.6 is 0 Å². The maximum atomic E-state index is 9.18. The lowest BCUT2D eigenvalue weighted by Crippen LogP contribution is -2.05. The SMILES string of the molecule is CCCc1cc(CO)cc(OCC(C)C)c1. The summed E-state index contributed by atoms with van der Waals surface area (Å²) in [6.07, 6.45) is 2.14. The van der Waals surface area contributed by atoms with E-state index in [9.17, 15) is 5.11 Å². The molecule has 0 amide bonds. The molecule has 1 rings (SSSR count). The Bertz CT molecular complexity index is 319. The van der Waals surface area contributed by atoms with E-state index in [0.717, 1.165) is 30.8 Å². The van der Waals surface area contributed by atoms with Gasteiger partial charge in [0.25, 0.3) is 0 Å². The minimum atomic E-state index is 0.0790. The Morgan fingerprint density at radius 1 is 1.19 bits per heavy atom. The van der Waals surface area contributed by atoms with Gasteiger partial charge in [0, 0.05) is 0 Å². The zero-order chi connectivity index (χ0) is 12.0. The minimum Gasteiger partial charge on any atom is -0.493 e. The van der Waals surface area contributed by atoms with Crippen LogP contribution in [0.5, 0.6) is 5.75 Å². The second-order valence-electron chi connectivity index (χ2n) is 4.60. The molecule has 16 heavy (non-hydrogen) atoms. The third-order valence-corrected chi connectivity index (χ3v) is 2.33. The first-order valence-corrected chi connectivity index (χ1v) is 6.02. The second-order valence-corrected chi connectivity index (χ2v) is 4.60. The van der Waals surface area contributed by atoms with Gasteiger partial charge in [0.15, 0.2) is 0 Å². The highest BCUT2D eigenvalue weighted by molar-refractivity contribution is 5.34. The van der Waals surface area contributed by atoms with Crippen LogP contribution in [0.4, 0.5) is 0 Å². The standard InChI is InChI=1S/C14H22O2/c1-4-5-12-6-13(9-15)8-14(7-12)16-10-11(2)3/h6-8,11,15H,4-5,9-10H2,1-3H3. The lowest BCUT2D eigenvalue weighted by molar-refractivity contribution is 0.265. The van der Waals surface area contributed by atoms with E-state index in [1.165, 1.54) is 5.56 Å². The highest BCUT2D eigenvalue weighted by Crippen LogP contribution is 2.19. The lowest BCUT2D eigenvalue weighted by atomic mass is 10.1. The molecular formula is C14H22O2. The number of rotatable bonds is 6. The summed E-state index contributed by atoms with van der Waals surface area (Å²) in [6.45, 7) is 7.21. The molecule has 0 aliphatic heterocycles. The predicted molar refractivity (Wildman–Crippen MR) is 66.7 cm³/mol. The van der Waals surface area contributed by atoms with Crippen LogP contribution in [-0.4, -0.2) is 11.7 Å². The maximum Gasteiger partial charge on any atom is 0.119 e. The summed E-state index contributed by atoms with van der Waals surface area (Å²) in [5.41, 5.74) is 2.18. The van der Waals surface area contributed by atoms with Crippen LogP contribution in [-0.2, 0) is 13.0 Å². The summed E-state index contributed by atoms with van der Waals surface area (Å²) in [5, 5.41) is 9.18. The molecule has 90 valence electrons. The van der Waals surface area contributed by atoms with Gasteiger partial charge in [-0.05, 0) is 35.6 Å². The highest BCUT2D eigenvalue weighted by Gasteiger charge is 2.02. The molecule has 0 aromatic heterocycles. The Hall–Kier alpha value is -1.02. The van der Waals surface area contributed by atoms with Crippen molar-refractivity contribution in [2.75, 3.05) is 6.61 Å². The van der Waals surface area contributed by atoms with Crippen LogP contribution in [0, 0.1) is 5.92 Å². The summed E-state index contributed by atoms with van der Waals surface area (Å²) in [6, 6.07) is 6.04. The van der Waals surface area contributed by atoms with Gasteiger partial charge < -0.3 is 9.84 Å². The van der Waals surface area contributed by atoms with Gasteiger partial charge in [-0.2, -0.15) is 0 Å². The number of aryl methyl sites for hydroxylation is 1. The van der Waals surface area contributed by atoms with Crippen LogP contribution in [0.1, 0.15) is 38.3 Å². The lowest BCUT2D eigenvalue weighted by Gasteiger charge is -2.11. The fourth-order valence-electron chi connectivity index (χ4n) is 1.60. The van der Waals surface area contributed by atoms with Gasteiger partial charge in [-0.1, -0.05) is 33.3 Å². The van der Waals surface area contributed by atoms with E-state index in [4.69, 9.17) is 4.74 Å². The second kappa shape index (κ2) is 6.54. The summed E-state index contributed by atoms with van der Waals surface area (Å²) in [4.78, 5) is 0. The molecule has 0 fully saturated rings. The Morgan fingerprint density at radius 3 is 2.44 bits per heavy atom. The van der Waals surface area contributed by atoms with Crippen molar-refractivity contribution in [2.45, 2.75) is 40.2 Å². The van der Waals surface area contributed by atoms with Crippen LogP contribution < -0.4 is 4.74 Å². The molecule has 0 heterocycles. The summed E-state index contributed by atoms with van der Waals surface area (Å²) >= 11 is 0. The molecule has 0 spiro atoms. The molecule has 1 aromatic carbocycles. The first kappa shape index (κ1) is 13.0. The van der Waals surface area contributed by atoms with E-state index in [-0.39, 0.29) is 6.61 Å². The third-order valence-electron chi connectivity index (χ3n) is 2.33. The molecule has 1 aromatic rings. The van der Waals surface area contributed by atoms with Gasteiger partial charge in [0.1, 0.15) is 5.75 Å². The first-order valence-electron chi connectivity index (χ1n) is 6.02. The van der Waals surface area contributed by atoms with Crippen LogP contribution in [0.15, 0.2) is 18.2 Å². The molecule has 0 aliphatic rings. The average molecular weight is 222 g/mol. The van der Waals surface area contributed by atoms with Gasteiger partial charge in [-0.3, -0.25) is 0 Å². The molecule has 0 aliphatic carbocycles. The van der Waals surface area contributed by atoms with Gasteiger partial charge >= 0.3 is 0 Å². The molecular weight excluding hydrogens is 200 g/mol. The first-order chi connectivity index (χ1) is 7.65. The van der Waals surface area contributed by atoms with Crippen molar-refractivity contribution in [3.63, 3.8) is 0 Å². The van der Waals surface area contributed by atoms with Crippen molar-refractivity contribution in [1.82, 2.24) is 0 Å². The Morgan fingerprint density at radius 2 is 1.88 bits per heavy atom. The van der Waals surface area contributed by atoms with E-state index in [1.54, 1.807) is 0 Å². The number of benzene rings is 1. The van der Waals surface area contributed by atoms with Gasteiger partial charge in [0.2, 0.25) is 0 Å². The highest BCUT2D eigenvalue weighted by atomic mass is 16.5. The van der Waals surface area contributed by atoms with Gasteiger partial charge in [-0.15, -0.1) is 0 Å². The summed E-state index contributed by atoms with van der Waals surface area (Å²) < 4.78 is 5.69. The van der Waals surface area contributed by atoms with E-state index in [0.29, 0.717) is 5.92 Å². The number of aliphatic hydroxyl groups excluding tert-OH is 1. The van der Waals surface area contributed by atoms with E-state index < -0.39 is 0 Å². The van der Waals surface area contributed by atoms with E-state index >= 15 is 0 Å². The van der Waals surface area contributed by atoms with Crippen molar-refractivity contribution in [3.8, 4) is 5.75 Å². The van der Waals surface area contributed by atoms with Crippen molar-refractivity contribution in [1.29, 1.82) is 0 Å². The molecule has 0 radical (unpaired) electrons. The number of hydrogen-bond acceptors (Lipinski definition) is 2. The molecule has 1 N–H and O–H groups in total. The predicted octanol–water partition coefficient (Wildman–Crippen LogP) is 3.17. The smallest absolute Gasteiger partial charge is 0.119 e. The van der Waals surface area contributed by atoms with Crippen LogP contribution in [0.2, 0.25) is 0 Å². The van der Waals surface area contributed by atoms with Crippen molar-refractivity contribution >= 4 is 0 Å². The molecule has 0 unspecified atom stereocenters. The van der Waals surface area contributed by atoms with E-state index in [2.05, 4.69) is 26.8 Å². The summed E-state index contributed by atoms with van der Waals surface area (Å²) in [7, 11) is 0. The van der Waals surface area contributed by atoms with Crippen LogP contribution in [0.25, 0.3) is 0 Å². The molecule has 0 saturated carbocycles. The Labute approximate surface area is 98.3 Å². The average Bonchev–Trinajstić information content (AvgIpc) is 2.26. The fourth-order valence-corrected chi connectivity index (χ4v) is 1.60. The molecule has 2 heteroatoms. The molecule has 0 bridgehead atoms. The maximum absolute atomic E-state index is 9.18. The zero-order valence-electron chi connectivity index (χ0n) is 10.5. The Balaban J connectivity index is 2.77. The molecule has 0 atom stereocenters. The van der Waals surface area contributed by atoms with Crippen LogP contribution in [0.3, 0.4) is 0 Å². The normalized spacial score (nSPS) is 10.8. The quantitative estimate of drug-likeness (QED) is 0.801. The topological polar surface area (TPSA) is 29.5 Å². The van der Waals surface area contributed by atoms with Gasteiger partial charge in [0.05, 0.1) is 13.2 Å². The molecule has 0 saturated heterocycles. The van der Waals surface area contributed by atoms with Crippen molar-refractivity contribution < 1.29 is 9.84 Å². The van der Waals surface area contributed by atoms with Gasteiger partial charge in [-0.25, -0.2) is 0 Å². The number of ether oxygens (including phenoxy) is 1. The third kappa shape index (κ3) is 4.23. The number of hydrogen-bond donors (Lipinski definition) is 1. The summed E-state index contributed by atoms with van der Waals surface area (Å²) in [5.74, 6) is 1.40. The zero-order valence-corrected chi connectivity index (χ0v) is 10.5. The molecule has 2 nitrogen and oxygen atoms in total. The van der Waals surface area contributed by atoms with Crippen molar-refractivity contribution in [3.05, 3.63) is 29.3 Å². The number of aliphatic hydroxyl groups is 1. The minimum absolute atomic E-state index is 0.0790.